The lowest BCUT2D eigenvalue weighted by Gasteiger charge is -2.04. The molecule has 70 valence electrons. The van der Waals surface area contributed by atoms with Crippen LogP contribution in [-0.4, -0.2) is 14.1 Å². The van der Waals surface area contributed by atoms with Crippen LogP contribution in [0.1, 0.15) is 11.4 Å². The van der Waals surface area contributed by atoms with Crippen LogP contribution in [0.5, 0.6) is 0 Å². The number of nitriles is 1. The molecule has 0 radical (unpaired) electrons. The molecule has 0 aliphatic heterocycles. The van der Waals surface area contributed by atoms with Gasteiger partial charge >= 0.3 is 0 Å². The molecule has 0 atom stereocenters. The van der Waals surface area contributed by atoms with Crippen molar-refractivity contribution in [3.05, 3.63) is 42.2 Å². The minimum absolute atomic E-state index is 0.672. The van der Waals surface area contributed by atoms with Crippen LogP contribution in [-0.2, 0) is 13.6 Å². The highest BCUT2D eigenvalue weighted by Crippen LogP contribution is 2.05. The Morgan fingerprint density at radius 3 is 3.07 bits per heavy atom. The fourth-order valence-electron chi connectivity index (χ4n) is 1.36. The summed E-state index contributed by atoms with van der Waals surface area (Å²) < 4.78 is 3.85. The molecule has 4 nitrogen and oxygen atoms in total. The maximum atomic E-state index is 8.81. The van der Waals surface area contributed by atoms with Crippen LogP contribution in [0.4, 0.5) is 0 Å². The first-order valence-electron chi connectivity index (χ1n) is 4.31. The molecule has 4 heteroatoms. The van der Waals surface area contributed by atoms with Gasteiger partial charge in [0.05, 0.1) is 18.6 Å². The Bertz CT molecular complexity index is 472. The summed E-state index contributed by atoms with van der Waals surface area (Å²) in [5, 5.41) is 8.81. The average Bonchev–Trinajstić information content (AvgIpc) is 2.77. The van der Waals surface area contributed by atoms with E-state index in [1.807, 2.05) is 28.4 Å². The van der Waals surface area contributed by atoms with Crippen molar-refractivity contribution in [3.8, 4) is 6.07 Å². The van der Waals surface area contributed by atoms with Crippen LogP contribution < -0.4 is 0 Å². The van der Waals surface area contributed by atoms with Gasteiger partial charge in [-0.3, -0.25) is 0 Å². The molecule has 0 saturated heterocycles. The summed E-state index contributed by atoms with van der Waals surface area (Å²) >= 11 is 0. The van der Waals surface area contributed by atoms with Gasteiger partial charge in [-0.15, -0.1) is 0 Å². The van der Waals surface area contributed by atoms with Crippen molar-refractivity contribution in [1.82, 2.24) is 14.1 Å². The summed E-state index contributed by atoms with van der Waals surface area (Å²) in [6.45, 7) is 0.687. The van der Waals surface area contributed by atoms with E-state index in [1.165, 1.54) is 0 Å². The van der Waals surface area contributed by atoms with E-state index in [2.05, 4.69) is 11.1 Å². The Morgan fingerprint density at radius 1 is 1.57 bits per heavy atom. The van der Waals surface area contributed by atoms with Gasteiger partial charge in [0.25, 0.3) is 0 Å². The Kier molecular flexibility index (Phi) is 2.07. The lowest BCUT2D eigenvalue weighted by atomic mass is 10.4. The minimum Gasteiger partial charge on any atom is -0.336 e. The Balaban J connectivity index is 2.28. The zero-order valence-electron chi connectivity index (χ0n) is 7.88. The smallest absolute Gasteiger partial charge is 0.120 e. The molecule has 0 N–H and O–H groups in total. The molecule has 0 bridgehead atoms. The normalized spacial score (nSPS) is 10.0. The van der Waals surface area contributed by atoms with E-state index in [-0.39, 0.29) is 0 Å². The van der Waals surface area contributed by atoms with Crippen LogP contribution in [0, 0.1) is 11.3 Å². The summed E-state index contributed by atoms with van der Waals surface area (Å²) in [6.07, 6.45) is 5.46. The molecular formula is C10H10N4. The summed E-state index contributed by atoms with van der Waals surface area (Å²) in [5.41, 5.74) is 1.75. The molecule has 2 rings (SSSR count). The molecular weight excluding hydrogens is 176 g/mol. The molecule has 14 heavy (non-hydrogen) atoms. The van der Waals surface area contributed by atoms with Crippen molar-refractivity contribution in [1.29, 1.82) is 5.26 Å². The molecule has 2 heterocycles. The topological polar surface area (TPSA) is 46.5 Å². The average molecular weight is 186 g/mol. The zero-order chi connectivity index (χ0) is 9.97. The second-order valence-corrected chi connectivity index (χ2v) is 3.13. The molecule has 0 unspecified atom stereocenters. The van der Waals surface area contributed by atoms with Crippen molar-refractivity contribution in [2.24, 2.45) is 7.05 Å². The summed E-state index contributed by atoms with van der Waals surface area (Å²) in [5.74, 6) is 0. The van der Waals surface area contributed by atoms with E-state index in [1.54, 1.807) is 18.6 Å². The summed E-state index contributed by atoms with van der Waals surface area (Å²) in [7, 11) is 1.94. The van der Waals surface area contributed by atoms with Gasteiger partial charge in [-0.1, -0.05) is 0 Å². The van der Waals surface area contributed by atoms with Crippen molar-refractivity contribution >= 4 is 0 Å². The fourth-order valence-corrected chi connectivity index (χ4v) is 1.36. The van der Waals surface area contributed by atoms with Gasteiger partial charge in [-0.2, -0.15) is 5.26 Å². The number of aryl methyl sites for hydroxylation is 1. The minimum atomic E-state index is 0.672. The Morgan fingerprint density at radius 2 is 2.43 bits per heavy atom. The van der Waals surface area contributed by atoms with Crippen molar-refractivity contribution < 1.29 is 0 Å². The second-order valence-electron chi connectivity index (χ2n) is 3.13. The standard InChI is InChI=1S/C10H10N4/c1-13-8-12-6-10(13)7-14-4-2-3-9(14)5-11/h2-4,6,8H,7H2,1H3. The predicted molar refractivity (Wildman–Crippen MR) is 51.5 cm³/mol. The van der Waals surface area contributed by atoms with Crippen LogP contribution >= 0.6 is 0 Å². The van der Waals surface area contributed by atoms with E-state index in [4.69, 9.17) is 5.26 Å². The number of aromatic nitrogens is 3. The van der Waals surface area contributed by atoms with Gasteiger partial charge in [0.2, 0.25) is 0 Å². The first-order chi connectivity index (χ1) is 6.81. The second kappa shape index (κ2) is 3.38. The first kappa shape index (κ1) is 8.57. The number of nitrogens with zero attached hydrogens (tertiary/aromatic N) is 4. The number of hydrogen-bond donors (Lipinski definition) is 0. The van der Waals surface area contributed by atoms with Gasteiger partial charge in [0, 0.05) is 19.4 Å². The van der Waals surface area contributed by atoms with Gasteiger partial charge in [-0.25, -0.2) is 4.98 Å². The molecule has 2 aromatic rings. The monoisotopic (exact) mass is 186 g/mol. The maximum absolute atomic E-state index is 8.81. The third kappa shape index (κ3) is 1.40. The van der Waals surface area contributed by atoms with Crippen molar-refractivity contribution in [3.63, 3.8) is 0 Å². The third-order valence-electron chi connectivity index (χ3n) is 2.19. The van der Waals surface area contributed by atoms with Crippen LogP contribution in [0.2, 0.25) is 0 Å². The summed E-state index contributed by atoms with van der Waals surface area (Å²) in [6, 6.07) is 5.81. The fraction of sp³-hybridized carbons (Fsp3) is 0.200. The molecule has 0 aliphatic carbocycles. The number of imidazole rings is 1. The highest BCUT2D eigenvalue weighted by molar-refractivity contribution is 5.23. The molecule has 0 spiro atoms. The molecule has 0 aliphatic rings. The molecule has 0 aromatic carbocycles. The number of rotatable bonds is 2. The maximum Gasteiger partial charge on any atom is 0.120 e. The number of hydrogen-bond acceptors (Lipinski definition) is 2. The van der Waals surface area contributed by atoms with E-state index in [9.17, 15) is 0 Å². The Labute approximate surface area is 82.0 Å². The highest BCUT2D eigenvalue weighted by atomic mass is 15.1. The lowest BCUT2D eigenvalue weighted by molar-refractivity contribution is 0.720. The summed E-state index contributed by atoms with van der Waals surface area (Å²) in [4.78, 5) is 4.02. The Hall–Kier alpha value is -2.02. The van der Waals surface area contributed by atoms with Crippen LogP contribution in [0.15, 0.2) is 30.9 Å². The molecule has 2 aromatic heterocycles. The van der Waals surface area contributed by atoms with Crippen molar-refractivity contribution in [2.45, 2.75) is 6.54 Å². The van der Waals surface area contributed by atoms with E-state index >= 15 is 0 Å². The molecule has 0 fully saturated rings. The van der Waals surface area contributed by atoms with Crippen LogP contribution in [0.3, 0.4) is 0 Å². The first-order valence-corrected chi connectivity index (χ1v) is 4.31. The largest absolute Gasteiger partial charge is 0.336 e. The van der Waals surface area contributed by atoms with E-state index in [0.29, 0.717) is 12.2 Å². The van der Waals surface area contributed by atoms with Crippen molar-refractivity contribution in [2.75, 3.05) is 0 Å². The molecule has 0 saturated carbocycles. The lowest BCUT2D eigenvalue weighted by Crippen LogP contribution is -2.04. The zero-order valence-corrected chi connectivity index (χ0v) is 7.88. The van der Waals surface area contributed by atoms with Gasteiger partial charge < -0.3 is 9.13 Å². The third-order valence-corrected chi connectivity index (χ3v) is 2.19. The van der Waals surface area contributed by atoms with Gasteiger partial charge in [0.15, 0.2) is 0 Å². The van der Waals surface area contributed by atoms with Crippen LogP contribution in [0.25, 0.3) is 0 Å². The van der Waals surface area contributed by atoms with E-state index in [0.717, 1.165) is 5.69 Å². The predicted octanol–water partition coefficient (Wildman–Crippen LogP) is 1.14. The van der Waals surface area contributed by atoms with E-state index < -0.39 is 0 Å². The molecule has 0 amide bonds. The van der Waals surface area contributed by atoms with Gasteiger partial charge in [-0.05, 0) is 12.1 Å². The highest BCUT2D eigenvalue weighted by Gasteiger charge is 2.02. The SMILES string of the molecule is Cn1cncc1Cn1cccc1C#N. The van der Waals surface area contributed by atoms with Gasteiger partial charge in [0.1, 0.15) is 11.8 Å². The quantitative estimate of drug-likeness (QED) is 0.706.